The molecule has 0 fully saturated rings. The van der Waals surface area contributed by atoms with Gasteiger partial charge < -0.3 is 9.84 Å². The van der Waals surface area contributed by atoms with Crippen molar-refractivity contribution in [3.05, 3.63) is 23.9 Å². The number of nitrogens with zero attached hydrogens (tertiary/aromatic N) is 2. The van der Waals surface area contributed by atoms with Gasteiger partial charge in [0.2, 0.25) is 11.8 Å². The van der Waals surface area contributed by atoms with E-state index in [1.54, 1.807) is 0 Å². The van der Waals surface area contributed by atoms with Gasteiger partial charge in [0.05, 0.1) is 0 Å². The Hall–Kier alpha value is -1.65. The summed E-state index contributed by atoms with van der Waals surface area (Å²) in [7, 11) is 0. The van der Waals surface area contributed by atoms with E-state index < -0.39 is 0 Å². The molecule has 5 heteroatoms. The fourth-order valence-corrected chi connectivity index (χ4v) is 2.09. The Labute approximate surface area is 113 Å². The van der Waals surface area contributed by atoms with Gasteiger partial charge in [0.25, 0.3) is 0 Å². The van der Waals surface area contributed by atoms with E-state index in [2.05, 4.69) is 27.6 Å². The molecule has 0 saturated heterocycles. The van der Waals surface area contributed by atoms with Crippen LogP contribution in [0.2, 0.25) is 0 Å². The monoisotopic (exact) mass is 263 g/mol. The van der Waals surface area contributed by atoms with Gasteiger partial charge in [0, 0.05) is 25.3 Å². The Morgan fingerprint density at radius 3 is 3.05 bits per heavy atom. The highest BCUT2D eigenvalue weighted by Crippen LogP contribution is 2.19. The van der Waals surface area contributed by atoms with Gasteiger partial charge >= 0.3 is 0 Å². The molecule has 0 bridgehead atoms. The Morgan fingerprint density at radius 1 is 1.58 bits per heavy atom. The van der Waals surface area contributed by atoms with Crippen molar-refractivity contribution in [3.8, 4) is 0 Å². The summed E-state index contributed by atoms with van der Waals surface area (Å²) in [5, 5.41) is 6.79. The molecule has 1 aromatic heterocycles. The summed E-state index contributed by atoms with van der Waals surface area (Å²) < 4.78 is 5.11. The molecule has 1 aliphatic rings. The van der Waals surface area contributed by atoms with E-state index in [1.165, 1.54) is 0 Å². The van der Waals surface area contributed by atoms with Gasteiger partial charge in [0.15, 0.2) is 5.82 Å². The molecule has 2 rings (SSSR count). The molecule has 1 N–H and O–H groups in total. The van der Waals surface area contributed by atoms with Crippen LogP contribution in [0.4, 0.5) is 0 Å². The van der Waals surface area contributed by atoms with Crippen LogP contribution in [0.5, 0.6) is 0 Å². The third-order valence-electron chi connectivity index (χ3n) is 3.21. The number of hydrogen-bond donors (Lipinski definition) is 1. The predicted molar refractivity (Wildman–Crippen MR) is 71.6 cm³/mol. The number of amides is 1. The summed E-state index contributed by atoms with van der Waals surface area (Å²) in [4.78, 5) is 16.0. The maximum atomic E-state index is 11.7. The summed E-state index contributed by atoms with van der Waals surface area (Å²) in [6, 6.07) is 0. The number of carbonyl (C=O) groups is 1. The molecule has 1 atom stereocenters. The van der Waals surface area contributed by atoms with Gasteiger partial charge in [-0.25, -0.2) is 0 Å². The lowest BCUT2D eigenvalue weighted by Crippen LogP contribution is -2.27. The lowest BCUT2D eigenvalue weighted by Gasteiger charge is -2.07. The maximum Gasteiger partial charge on any atom is 0.229 e. The van der Waals surface area contributed by atoms with Gasteiger partial charge in [-0.15, -0.1) is 0 Å². The van der Waals surface area contributed by atoms with Gasteiger partial charge in [0.1, 0.15) is 0 Å². The SMILES string of the molecule is CC(C)c1nc(CCNC(=O)C[C@H]2C=CCC2)no1. The molecule has 5 nitrogen and oxygen atoms in total. The van der Waals surface area contributed by atoms with Gasteiger partial charge in [-0.2, -0.15) is 4.98 Å². The van der Waals surface area contributed by atoms with E-state index in [1.807, 2.05) is 13.8 Å². The number of allylic oxidation sites excluding steroid dienone is 2. The van der Waals surface area contributed by atoms with Crippen LogP contribution in [0.15, 0.2) is 16.7 Å². The standard InChI is InChI=1S/C14H21N3O2/c1-10(2)14-16-12(17-19-14)7-8-15-13(18)9-11-5-3-4-6-11/h3,5,10-11H,4,6-9H2,1-2H3,(H,15,18)/t11-/m0/s1. The summed E-state index contributed by atoms with van der Waals surface area (Å²) in [5.74, 6) is 2.06. The summed E-state index contributed by atoms with van der Waals surface area (Å²) >= 11 is 0. The lowest BCUT2D eigenvalue weighted by atomic mass is 10.1. The molecule has 1 heterocycles. The van der Waals surface area contributed by atoms with Crippen LogP contribution in [-0.4, -0.2) is 22.6 Å². The molecule has 19 heavy (non-hydrogen) atoms. The number of nitrogens with one attached hydrogen (secondary N) is 1. The second-order valence-corrected chi connectivity index (χ2v) is 5.27. The van der Waals surface area contributed by atoms with Crippen molar-refractivity contribution >= 4 is 5.91 Å². The molecular weight excluding hydrogens is 242 g/mol. The summed E-state index contributed by atoms with van der Waals surface area (Å²) in [6.45, 7) is 4.58. The minimum absolute atomic E-state index is 0.101. The normalized spacial score (nSPS) is 18.2. The van der Waals surface area contributed by atoms with Crippen LogP contribution in [0.25, 0.3) is 0 Å². The first-order valence-corrected chi connectivity index (χ1v) is 6.91. The van der Waals surface area contributed by atoms with Crippen molar-refractivity contribution in [1.29, 1.82) is 0 Å². The average Bonchev–Trinajstić information content (AvgIpc) is 3.00. The van der Waals surface area contributed by atoms with Crippen molar-refractivity contribution in [2.24, 2.45) is 5.92 Å². The average molecular weight is 263 g/mol. The lowest BCUT2D eigenvalue weighted by molar-refractivity contribution is -0.121. The first-order valence-electron chi connectivity index (χ1n) is 6.91. The molecular formula is C14H21N3O2. The van der Waals surface area contributed by atoms with Crippen LogP contribution in [-0.2, 0) is 11.2 Å². The van der Waals surface area contributed by atoms with E-state index in [-0.39, 0.29) is 11.8 Å². The van der Waals surface area contributed by atoms with Gasteiger partial charge in [-0.3, -0.25) is 4.79 Å². The number of hydrogen-bond acceptors (Lipinski definition) is 4. The van der Waals surface area contributed by atoms with E-state index >= 15 is 0 Å². The molecule has 1 aromatic rings. The predicted octanol–water partition coefficient (Wildman–Crippen LogP) is 2.21. The quantitative estimate of drug-likeness (QED) is 0.799. The fraction of sp³-hybridized carbons (Fsp3) is 0.643. The van der Waals surface area contributed by atoms with Crippen molar-refractivity contribution in [2.75, 3.05) is 6.54 Å². The molecule has 0 unspecified atom stereocenters. The zero-order valence-corrected chi connectivity index (χ0v) is 11.6. The minimum atomic E-state index is 0.101. The van der Waals surface area contributed by atoms with Crippen LogP contribution < -0.4 is 5.32 Å². The van der Waals surface area contributed by atoms with Crippen LogP contribution in [0, 0.1) is 5.92 Å². The van der Waals surface area contributed by atoms with Crippen molar-refractivity contribution in [2.45, 2.75) is 45.4 Å². The molecule has 1 amide bonds. The number of carbonyl (C=O) groups excluding carboxylic acids is 1. The Morgan fingerprint density at radius 2 is 2.42 bits per heavy atom. The second kappa shape index (κ2) is 6.50. The molecule has 1 aliphatic carbocycles. The van der Waals surface area contributed by atoms with E-state index in [4.69, 9.17) is 4.52 Å². The third-order valence-corrected chi connectivity index (χ3v) is 3.21. The Balaban J connectivity index is 1.67. The topological polar surface area (TPSA) is 68.0 Å². The van der Waals surface area contributed by atoms with E-state index in [9.17, 15) is 4.79 Å². The second-order valence-electron chi connectivity index (χ2n) is 5.27. The minimum Gasteiger partial charge on any atom is -0.356 e. The fourth-order valence-electron chi connectivity index (χ4n) is 2.09. The smallest absolute Gasteiger partial charge is 0.229 e. The number of aromatic nitrogens is 2. The van der Waals surface area contributed by atoms with Crippen LogP contribution >= 0.6 is 0 Å². The molecule has 0 saturated carbocycles. The molecule has 0 spiro atoms. The highest BCUT2D eigenvalue weighted by atomic mass is 16.5. The Bertz CT molecular complexity index is 451. The summed E-state index contributed by atoms with van der Waals surface area (Å²) in [5.41, 5.74) is 0. The zero-order valence-electron chi connectivity index (χ0n) is 11.6. The van der Waals surface area contributed by atoms with Gasteiger partial charge in [-0.1, -0.05) is 31.2 Å². The first-order chi connectivity index (χ1) is 9.15. The van der Waals surface area contributed by atoms with E-state index in [0.717, 1.165) is 12.8 Å². The van der Waals surface area contributed by atoms with Crippen molar-refractivity contribution < 1.29 is 9.32 Å². The molecule has 0 aromatic carbocycles. The zero-order chi connectivity index (χ0) is 13.7. The Kier molecular flexibility index (Phi) is 4.71. The molecule has 104 valence electrons. The third kappa shape index (κ3) is 4.19. The maximum absolute atomic E-state index is 11.7. The molecule has 0 aliphatic heterocycles. The van der Waals surface area contributed by atoms with Crippen LogP contribution in [0.1, 0.15) is 50.7 Å². The van der Waals surface area contributed by atoms with Crippen molar-refractivity contribution in [1.82, 2.24) is 15.5 Å². The summed E-state index contributed by atoms with van der Waals surface area (Å²) in [6.07, 6.45) is 7.66. The molecule has 0 radical (unpaired) electrons. The number of rotatable bonds is 6. The largest absolute Gasteiger partial charge is 0.356 e. The first kappa shape index (κ1) is 13.8. The van der Waals surface area contributed by atoms with Crippen LogP contribution in [0.3, 0.4) is 0 Å². The van der Waals surface area contributed by atoms with Crippen molar-refractivity contribution in [3.63, 3.8) is 0 Å². The van der Waals surface area contributed by atoms with E-state index in [0.29, 0.717) is 37.0 Å². The highest BCUT2D eigenvalue weighted by molar-refractivity contribution is 5.76. The highest BCUT2D eigenvalue weighted by Gasteiger charge is 2.14. The van der Waals surface area contributed by atoms with Gasteiger partial charge in [-0.05, 0) is 18.8 Å².